The molecule has 10 nitrogen and oxygen atoms in total. The predicted molar refractivity (Wildman–Crippen MR) is 82.5 cm³/mol. The van der Waals surface area contributed by atoms with Crippen LogP contribution in [0, 0.1) is 0 Å². The van der Waals surface area contributed by atoms with E-state index in [0.29, 0.717) is 0 Å². The van der Waals surface area contributed by atoms with Crippen LogP contribution in [-0.4, -0.2) is 40.0 Å². The Morgan fingerprint density at radius 3 is 2.83 bits per heavy atom. The number of nitrogens with zero attached hydrogens (tertiary/aromatic N) is 1. The average molecular weight is 361 g/mol. The minimum Gasteiger partial charge on any atom is -0.347 e. The summed E-state index contributed by atoms with van der Waals surface area (Å²) in [5.74, 6) is 0. The smallest absolute Gasteiger partial charge is 0.347 e. The van der Waals surface area contributed by atoms with Crippen molar-refractivity contribution in [3.05, 3.63) is 33.1 Å². The van der Waals surface area contributed by atoms with E-state index in [2.05, 4.69) is 4.98 Å². The summed E-state index contributed by atoms with van der Waals surface area (Å²) >= 11 is 0. The molecule has 2 aliphatic rings. The van der Waals surface area contributed by atoms with Gasteiger partial charge in [0.1, 0.15) is 12.2 Å². The lowest BCUT2D eigenvalue weighted by Crippen LogP contribution is -2.55. The highest BCUT2D eigenvalue weighted by Crippen LogP contribution is 2.58. The van der Waals surface area contributed by atoms with E-state index >= 15 is 0 Å². The fraction of sp³-hybridized carbons (Fsp3) is 0.692. The van der Waals surface area contributed by atoms with E-state index in [0.717, 1.165) is 4.57 Å². The molecule has 1 aromatic heterocycles. The summed E-state index contributed by atoms with van der Waals surface area (Å²) in [6.45, 7) is 4.98. The monoisotopic (exact) mass is 361 g/mol. The van der Waals surface area contributed by atoms with Gasteiger partial charge in [0.25, 0.3) is 5.56 Å². The van der Waals surface area contributed by atoms with Gasteiger partial charge in [-0.25, -0.2) is 9.36 Å². The molecule has 24 heavy (non-hydrogen) atoms. The Labute approximate surface area is 137 Å². The van der Waals surface area contributed by atoms with Gasteiger partial charge >= 0.3 is 13.5 Å². The van der Waals surface area contributed by atoms with Gasteiger partial charge in [-0.05, 0) is 20.8 Å². The lowest BCUT2D eigenvalue weighted by Gasteiger charge is -2.36. The minimum absolute atomic E-state index is 0.0456. The fourth-order valence-electron chi connectivity index (χ4n) is 2.86. The maximum atomic E-state index is 12.5. The Hall–Kier alpha value is -1.29. The molecule has 0 aromatic carbocycles. The maximum absolute atomic E-state index is 12.5. The van der Waals surface area contributed by atoms with Crippen LogP contribution in [0.4, 0.5) is 0 Å². The van der Waals surface area contributed by atoms with Crippen molar-refractivity contribution in [3.8, 4) is 0 Å². The Kier molecular flexibility index (Phi) is 4.31. The number of phosphoric ester groups is 1. The number of aromatic nitrogens is 2. The highest BCUT2D eigenvalue weighted by molar-refractivity contribution is 7.48. The molecule has 11 heteroatoms. The number of aromatic amines is 1. The third-order valence-electron chi connectivity index (χ3n) is 3.87. The summed E-state index contributed by atoms with van der Waals surface area (Å²) in [6, 6.07) is 1.19. The molecular weight excluding hydrogens is 341 g/mol. The van der Waals surface area contributed by atoms with E-state index in [4.69, 9.17) is 24.0 Å². The van der Waals surface area contributed by atoms with Crippen LogP contribution in [0.3, 0.4) is 0 Å². The molecule has 134 valence electrons. The Balaban J connectivity index is 1.91. The summed E-state index contributed by atoms with van der Waals surface area (Å²) in [5, 5.41) is 0. The number of rotatable bonds is 3. The Morgan fingerprint density at radius 2 is 2.21 bits per heavy atom. The second-order valence-electron chi connectivity index (χ2n) is 6.33. The first kappa shape index (κ1) is 17.5. The molecule has 2 aliphatic heterocycles. The molecule has 1 aromatic rings. The molecular formula is C13H20N3O7P. The highest BCUT2D eigenvalue weighted by Gasteiger charge is 2.59. The van der Waals surface area contributed by atoms with Crippen molar-refractivity contribution in [2.24, 2.45) is 5.73 Å². The number of hydrogen-bond donors (Lipinski definition) is 2. The van der Waals surface area contributed by atoms with Crippen molar-refractivity contribution in [1.82, 2.24) is 9.55 Å². The van der Waals surface area contributed by atoms with Crippen LogP contribution in [0.25, 0.3) is 0 Å². The molecule has 0 saturated carbocycles. The third-order valence-corrected chi connectivity index (χ3v) is 5.50. The Morgan fingerprint density at radius 1 is 1.50 bits per heavy atom. The average Bonchev–Trinajstić information content (AvgIpc) is 2.69. The molecule has 2 fully saturated rings. The SMILES string of the molecule is CC(C)OP1(=O)OC[C@H]2OC(n3ccc(=O)[nH]c3=O)[C@](C)(N)[C@@H]2O1. The topological polar surface area (TPSA) is 135 Å². The van der Waals surface area contributed by atoms with Gasteiger partial charge in [-0.15, -0.1) is 0 Å². The number of nitrogens with two attached hydrogens (primary N) is 1. The molecule has 3 N–H and O–H groups in total. The normalized spacial score (nSPS) is 39.1. The zero-order chi connectivity index (χ0) is 17.7. The lowest BCUT2D eigenvalue weighted by molar-refractivity contribution is -0.0749. The zero-order valence-electron chi connectivity index (χ0n) is 13.5. The van der Waals surface area contributed by atoms with Gasteiger partial charge < -0.3 is 10.5 Å². The van der Waals surface area contributed by atoms with E-state index < -0.39 is 43.0 Å². The molecule has 0 bridgehead atoms. The van der Waals surface area contributed by atoms with E-state index in [1.807, 2.05) is 0 Å². The van der Waals surface area contributed by atoms with Crippen molar-refractivity contribution in [3.63, 3.8) is 0 Å². The van der Waals surface area contributed by atoms with Gasteiger partial charge in [-0.2, -0.15) is 0 Å². The molecule has 3 rings (SSSR count). The van der Waals surface area contributed by atoms with Crippen molar-refractivity contribution in [1.29, 1.82) is 0 Å². The van der Waals surface area contributed by atoms with Crippen molar-refractivity contribution < 1.29 is 22.9 Å². The van der Waals surface area contributed by atoms with Gasteiger partial charge in [0.05, 0.1) is 18.2 Å². The molecule has 3 heterocycles. The fourth-order valence-corrected chi connectivity index (χ4v) is 4.52. The van der Waals surface area contributed by atoms with Gasteiger partial charge in [-0.3, -0.25) is 27.9 Å². The second-order valence-corrected chi connectivity index (χ2v) is 7.91. The first-order chi connectivity index (χ1) is 11.1. The molecule has 0 radical (unpaired) electrons. The summed E-state index contributed by atoms with van der Waals surface area (Å²) in [5.41, 5.74) is 3.94. The van der Waals surface area contributed by atoms with Gasteiger partial charge in [0.15, 0.2) is 6.23 Å². The summed E-state index contributed by atoms with van der Waals surface area (Å²) < 4.78 is 35.4. The molecule has 0 spiro atoms. The summed E-state index contributed by atoms with van der Waals surface area (Å²) in [4.78, 5) is 25.4. The number of phosphoric acid groups is 1. The number of nitrogens with one attached hydrogen (secondary N) is 1. The molecule has 0 amide bonds. The van der Waals surface area contributed by atoms with Crippen LogP contribution in [0.1, 0.15) is 27.0 Å². The zero-order valence-corrected chi connectivity index (χ0v) is 14.4. The second kappa shape index (κ2) is 5.91. The standard InChI is InChI=1S/C13H20N3O7P/c1-7(2)22-24(19)20-6-8-10(23-24)13(3,14)11(21-8)16-5-4-9(17)15-12(16)18/h4-5,7-8,10-11H,6,14H2,1-3H3,(H,15,17,18)/t8-,10-,11?,13-,24?/m1/s1. The van der Waals surface area contributed by atoms with Crippen LogP contribution in [0.2, 0.25) is 0 Å². The van der Waals surface area contributed by atoms with Gasteiger partial charge in [-0.1, -0.05) is 0 Å². The maximum Gasteiger partial charge on any atom is 0.475 e. The first-order valence-electron chi connectivity index (χ1n) is 7.49. The van der Waals surface area contributed by atoms with Gasteiger partial charge in [0.2, 0.25) is 0 Å². The summed E-state index contributed by atoms with van der Waals surface area (Å²) in [7, 11) is -3.76. The number of fused-ring (bicyclic) bond motifs is 1. The van der Waals surface area contributed by atoms with E-state index in [1.165, 1.54) is 12.3 Å². The van der Waals surface area contributed by atoms with Crippen LogP contribution >= 0.6 is 7.82 Å². The number of H-pyrrole nitrogens is 1. The van der Waals surface area contributed by atoms with Crippen LogP contribution in [-0.2, 0) is 22.9 Å². The van der Waals surface area contributed by atoms with Crippen molar-refractivity contribution in [2.75, 3.05) is 6.61 Å². The van der Waals surface area contributed by atoms with E-state index in [1.54, 1.807) is 20.8 Å². The van der Waals surface area contributed by atoms with Gasteiger partial charge in [0, 0.05) is 12.3 Å². The van der Waals surface area contributed by atoms with Crippen LogP contribution in [0.5, 0.6) is 0 Å². The molecule has 0 aliphatic carbocycles. The third kappa shape index (κ3) is 3.01. The number of ether oxygens (including phenoxy) is 1. The quantitative estimate of drug-likeness (QED) is 0.724. The van der Waals surface area contributed by atoms with Crippen molar-refractivity contribution >= 4 is 7.82 Å². The first-order valence-corrected chi connectivity index (χ1v) is 8.95. The van der Waals surface area contributed by atoms with Crippen LogP contribution < -0.4 is 17.0 Å². The summed E-state index contributed by atoms with van der Waals surface area (Å²) in [6.07, 6.45) is -1.43. The largest absolute Gasteiger partial charge is 0.475 e. The highest BCUT2D eigenvalue weighted by atomic mass is 31.2. The van der Waals surface area contributed by atoms with Crippen molar-refractivity contribution in [2.45, 2.75) is 50.8 Å². The minimum atomic E-state index is -3.76. The lowest BCUT2D eigenvalue weighted by atomic mass is 9.93. The predicted octanol–water partition coefficient (Wildman–Crippen LogP) is 0.0999. The molecule has 2 saturated heterocycles. The number of hydrogen-bond acceptors (Lipinski definition) is 8. The Bertz CT molecular complexity index is 786. The molecule has 2 unspecified atom stereocenters. The van der Waals surface area contributed by atoms with Crippen LogP contribution in [0.15, 0.2) is 21.9 Å². The van der Waals surface area contributed by atoms with E-state index in [9.17, 15) is 14.2 Å². The van der Waals surface area contributed by atoms with E-state index in [-0.39, 0.29) is 12.7 Å². The molecule has 5 atom stereocenters.